The fourth-order valence-electron chi connectivity index (χ4n) is 0.795. The van der Waals surface area contributed by atoms with Gasteiger partial charge in [-0.05, 0) is 12.2 Å². The molecule has 5 heteroatoms. The van der Waals surface area contributed by atoms with Crippen molar-refractivity contribution in [1.82, 2.24) is 5.01 Å². The summed E-state index contributed by atoms with van der Waals surface area (Å²) in [4.78, 5) is 3.89. The van der Waals surface area contributed by atoms with Crippen LogP contribution in [0.25, 0.3) is 0 Å². The summed E-state index contributed by atoms with van der Waals surface area (Å²) in [6.07, 6.45) is 4.43. The van der Waals surface area contributed by atoms with Gasteiger partial charge in [-0.1, -0.05) is 18.2 Å². The lowest BCUT2D eigenvalue weighted by Gasteiger charge is -2.17. The van der Waals surface area contributed by atoms with E-state index in [1.165, 1.54) is 23.4 Å². The van der Waals surface area contributed by atoms with Gasteiger partial charge in [-0.15, -0.1) is 0 Å². The molecule has 0 aromatic heterocycles. The van der Waals surface area contributed by atoms with Crippen molar-refractivity contribution in [2.45, 2.75) is 0 Å². The average molecular weight is 195 g/mol. The van der Waals surface area contributed by atoms with Crippen molar-refractivity contribution in [2.24, 2.45) is 10.8 Å². The quantitative estimate of drug-likeness (QED) is 0.505. The van der Waals surface area contributed by atoms with Crippen molar-refractivity contribution in [3.05, 3.63) is 36.3 Å². The van der Waals surface area contributed by atoms with Crippen molar-refractivity contribution in [3.8, 4) is 6.07 Å². The van der Waals surface area contributed by atoms with Gasteiger partial charge < -0.3 is 0 Å². The molecule has 0 spiro atoms. The molecule has 0 fully saturated rings. The molecule has 1 aliphatic rings. The van der Waals surface area contributed by atoms with Crippen molar-refractivity contribution < 1.29 is 0 Å². The lowest BCUT2D eigenvalue weighted by molar-refractivity contribution is 0.481. The minimum absolute atomic E-state index is 0.282. The molecule has 13 heavy (non-hydrogen) atoms. The molecule has 0 bridgehead atoms. The van der Waals surface area contributed by atoms with Crippen LogP contribution in [0.2, 0.25) is 0 Å². The van der Waals surface area contributed by atoms with Crippen LogP contribution in [0, 0.1) is 11.3 Å². The lowest BCUT2D eigenvalue weighted by Crippen LogP contribution is -2.26. The summed E-state index contributed by atoms with van der Waals surface area (Å²) in [6, 6.07) is 1.91. The zero-order valence-corrected chi connectivity index (χ0v) is 7.49. The van der Waals surface area contributed by atoms with Crippen LogP contribution in [0.1, 0.15) is 0 Å². The third kappa shape index (κ3) is 1.96. The third-order valence-corrected chi connectivity index (χ3v) is 1.61. The Hall–Kier alpha value is -1.57. The van der Waals surface area contributed by atoms with Gasteiger partial charge in [0.2, 0.25) is 0 Å². The Morgan fingerprint density at radius 1 is 1.85 bits per heavy atom. The maximum absolute atomic E-state index is 8.68. The molecule has 2 N–H and O–H groups in total. The predicted molar refractivity (Wildman–Crippen MR) is 51.3 cm³/mol. The molecule has 0 amide bonds. The van der Waals surface area contributed by atoms with Gasteiger partial charge in [0.25, 0.3) is 0 Å². The van der Waals surface area contributed by atoms with Crippen LogP contribution in [0.4, 0.5) is 0 Å². The van der Waals surface area contributed by atoms with E-state index < -0.39 is 0 Å². The monoisotopic (exact) mass is 194 g/mol. The SMILES string of the molecule is C=C/C(C#N)=C1/N=C(Cl)C=CN1N. The van der Waals surface area contributed by atoms with E-state index in [1.54, 1.807) is 0 Å². The van der Waals surface area contributed by atoms with E-state index in [1.807, 2.05) is 6.07 Å². The normalized spacial score (nSPS) is 19.2. The zero-order chi connectivity index (χ0) is 9.84. The number of halogens is 1. The molecule has 4 nitrogen and oxygen atoms in total. The largest absolute Gasteiger partial charge is 0.268 e. The fourth-order valence-corrected chi connectivity index (χ4v) is 0.931. The molecule has 0 radical (unpaired) electrons. The summed E-state index contributed by atoms with van der Waals surface area (Å²) >= 11 is 5.64. The van der Waals surface area contributed by atoms with E-state index in [4.69, 9.17) is 22.7 Å². The minimum Gasteiger partial charge on any atom is -0.268 e. The molecular weight excluding hydrogens is 188 g/mol. The van der Waals surface area contributed by atoms with E-state index in [2.05, 4.69) is 11.6 Å². The van der Waals surface area contributed by atoms with Crippen molar-refractivity contribution in [3.63, 3.8) is 0 Å². The van der Waals surface area contributed by atoms with E-state index in [9.17, 15) is 0 Å². The van der Waals surface area contributed by atoms with Gasteiger partial charge in [-0.2, -0.15) is 5.26 Å². The second-order valence-electron chi connectivity index (χ2n) is 2.21. The molecule has 0 atom stereocenters. The number of nitriles is 1. The van der Waals surface area contributed by atoms with Crippen molar-refractivity contribution >= 4 is 16.8 Å². The maximum Gasteiger partial charge on any atom is 0.166 e. The molecule has 1 rings (SSSR count). The van der Waals surface area contributed by atoms with Gasteiger partial charge >= 0.3 is 0 Å². The number of nitrogens with two attached hydrogens (primary N) is 1. The highest BCUT2D eigenvalue weighted by atomic mass is 35.5. The number of aliphatic imine (C=N–C) groups is 1. The Balaban J connectivity index is 3.19. The number of allylic oxidation sites excluding steroid dienone is 3. The molecule has 0 saturated heterocycles. The first-order valence-corrected chi connectivity index (χ1v) is 3.80. The van der Waals surface area contributed by atoms with E-state index in [0.29, 0.717) is 5.82 Å². The Bertz CT molecular complexity index is 359. The van der Waals surface area contributed by atoms with Crippen LogP contribution in [0.3, 0.4) is 0 Å². The molecule has 0 aromatic rings. The van der Waals surface area contributed by atoms with Crippen LogP contribution in [-0.4, -0.2) is 10.2 Å². The number of hydrogen-bond donors (Lipinski definition) is 1. The molecule has 0 unspecified atom stereocenters. The van der Waals surface area contributed by atoms with E-state index in [0.717, 1.165) is 0 Å². The number of nitrogens with zero attached hydrogens (tertiary/aromatic N) is 3. The van der Waals surface area contributed by atoms with Crippen LogP contribution < -0.4 is 5.84 Å². The van der Waals surface area contributed by atoms with Crippen molar-refractivity contribution in [1.29, 1.82) is 5.26 Å². The van der Waals surface area contributed by atoms with Gasteiger partial charge in [-0.25, -0.2) is 10.8 Å². The summed E-state index contributed by atoms with van der Waals surface area (Å²) in [6.45, 7) is 3.47. The highest BCUT2D eigenvalue weighted by Crippen LogP contribution is 2.15. The van der Waals surface area contributed by atoms with Gasteiger partial charge in [-0.3, -0.25) is 5.01 Å². The summed E-state index contributed by atoms with van der Waals surface area (Å²) in [5.41, 5.74) is 0.282. The standard InChI is InChI=1S/C8H7ClN4/c1-2-6(5-10)8-12-7(9)3-4-13(8)11/h2-4H,1,11H2/b8-6+. The summed E-state index contributed by atoms with van der Waals surface area (Å²) in [5, 5.41) is 10.2. The maximum atomic E-state index is 8.68. The fraction of sp³-hybridized carbons (Fsp3) is 0. The third-order valence-electron chi connectivity index (χ3n) is 1.40. The molecule has 0 aliphatic carbocycles. The summed E-state index contributed by atoms with van der Waals surface area (Å²) < 4.78 is 0. The van der Waals surface area contributed by atoms with Crippen LogP contribution in [0.15, 0.2) is 41.3 Å². The first-order valence-electron chi connectivity index (χ1n) is 3.42. The Morgan fingerprint density at radius 3 is 3.08 bits per heavy atom. The smallest absolute Gasteiger partial charge is 0.166 e. The molecular formula is C8H7ClN4. The Labute approximate surface area is 80.9 Å². The highest BCUT2D eigenvalue weighted by Gasteiger charge is 2.11. The van der Waals surface area contributed by atoms with Crippen LogP contribution in [0.5, 0.6) is 0 Å². The molecule has 1 aliphatic heterocycles. The molecule has 66 valence electrons. The summed E-state index contributed by atoms with van der Waals surface area (Å²) in [7, 11) is 0. The van der Waals surface area contributed by atoms with E-state index in [-0.39, 0.29) is 10.7 Å². The van der Waals surface area contributed by atoms with Crippen LogP contribution >= 0.6 is 11.6 Å². The molecule has 0 aromatic carbocycles. The van der Waals surface area contributed by atoms with E-state index >= 15 is 0 Å². The number of hydrazine groups is 1. The Kier molecular flexibility index (Phi) is 2.85. The topological polar surface area (TPSA) is 65.4 Å². The van der Waals surface area contributed by atoms with Crippen LogP contribution in [-0.2, 0) is 0 Å². The lowest BCUT2D eigenvalue weighted by atomic mass is 10.3. The van der Waals surface area contributed by atoms with Gasteiger partial charge in [0.15, 0.2) is 5.82 Å². The second kappa shape index (κ2) is 3.90. The number of rotatable bonds is 1. The van der Waals surface area contributed by atoms with Gasteiger partial charge in [0, 0.05) is 6.20 Å². The predicted octanol–water partition coefficient (Wildman–Crippen LogP) is 1.25. The number of hydrogen-bond acceptors (Lipinski definition) is 4. The average Bonchev–Trinajstić information content (AvgIpc) is 2.13. The van der Waals surface area contributed by atoms with Crippen molar-refractivity contribution in [2.75, 3.05) is 0 Å². The summed E-state index contributed by atoms with van der Waals surface area (Å²) in [5.74, 6) is 5.81. The molecule has 1 heterocycles. The molecule has 0 saturated carbocycles. The highest BCUT2D eigenvalue weighted by molar-refractivity contribution is 6.68. The first-order chi connectivity index (χ1) is 6.19. The Morgan fingerprint density at radius 2 is 2.54 bits per heavy atom. The van der Waals surface area contributed by atoms with Gasteiger partial charge in [0.1, 0.15) is 11.2 Å². The second-order valence-corrected chi connectivity index (χ2v) is 2.60. The zero-order valence-electron chi connectivity index (χ0n) is 6.74. The minimum atomic E-state index is 0.282. The first kappa shape index (κ1) is 9.52. The van der Waals surface area contributed by atoms with Gasteiger partial charge in [0.05, 0.1) is 5.57 Å².